The van der Waals surface area contributed by atoms with E-state index in [1.807, 2.05) is 0 Å². The number of H-pyrrole nitrogens is 1. The number of nitrogens with zero attached hydrogens (tertiary/aromatic N) is 1. The molecule has 0 radical (unpaired) electrons. The summed E-state index contributed by atoms with van der Waals surface area (Å²) in [5.74, 6) is 0. The van der Waals surface area contributed by atoms with Crippen molar-refractivity contribution in [3.05, 3.63) is 46.2 Å². The average molecular weight is 255 g/mol. The predicted molar refractivity (Wildman–Crippen MR) is 59.7 cm³/mol. The Morgan fingerprint density at radius 3 is 2.28 bits per heavy atom. The number of rotatable bonds is 1. The maximum Gasteiger partial charge on any atom is 0.416 e. The molecule has 18 heavy (non-hydrogen) atoms. The van der Waals surface area contributed by atoms with Crippen LogP contribution >= 0.6 is 0 Å². The van der Waals surface area contributed by atoms with Crippen LogP contribution in [0.5, 0.6) is 0 Å². The molecule has 1 aromatic carbocycles. The van der Waals surface area contributed by atoms with Crippen molar-refractivity contribution in [2.75, 3.05) is 5.73 Å². The molecule has 1 heterocycles. The standard InChI is InChI=1S/C11H8F3N3O/c12-11(13,14)7-3-1-6(2-4-7)9-5-8(15)10(18)17-16-9/h1-5H,(H2,15,16)(H,17,18). The molecule has 0 fully saturated rings. The van der Waals surface area contributed by atoms with Crippen LogP contribution in [-0.4, -0.2) is 10.2 Å². The van der Waals surface area contributed by atoms with E-state index in [0.717, 1.165) is 12.1 Å². The molecule has 0 spiro atoms. The summed E-state index contributed by atoms with van der Waals surface area (Å²) in [5.41, 5.74) is 4.81. The summed E-state index contributed by atoms with van der Waals surface area (Å²) < 4.78 is 37.1. The molecule has 0 amide bonds. The van der Waals surface area contributed by atoms with Gasteiger partial charge >= 0.3 is 6.18 Å². The largest absolute Gasteiger partial charge is 0.416 e. The molecule has 0 aliphatic carbocycles. The van der Waals surface area contributed by atoms with E-state index in [1.54, 1.807) is 0 Å². The maximum atomic E-state index is 12.4. The Kier molecular flexibility index (Phi) is 2.82. The first-order valence-corrected chi connectivity index (χ1v) is 4.91. The summed E-state index contributed by atoms with van der Waals surface area (Å²) in [7, 11) is 0. The predicted octanol–water partition coefficient (Wildman–Crippen LogP) is 2.04. The Hall–Kier alpha value is -2.31. The smallest absolute Gasteiger partial charge is 0.394 e. The minimum Gasteiger partial charge on any atom is -0.394 e. The highest BCUT2D eigenvalue weighted by Gasteiger charge is 2.29. The van der Waals surface area contributed by atoms with Gasteiger partial charge in [-0.05, 0) is 18.2 Å². The van der Waals surface area contributed by atoms with Crippen LogP contribution in [0.25, 0.3) is 11.3 Å². The van der Waals surface area contributed by atoms with Crippen LogP contribution in [0, 0.1) is 0 Å². The summed E-state index contributed by atoms with van der Waals surface area (Å²) >= 11 is 0. The first kappa shape index (κ1) is 12.2. The lowest BCUT2D eigenvalue weighted by Crippen LogP contribution is -2.13. The molecule has 4 nitrogen and oxygen atoms in total. The van der Waals surface area contributed by atoms with Gasteiger partial charge in [-0.25, -0.2) is 5.10 Å². The van der Waals surface area contributed by atoms with E-state index in [1.165, 1.54) is 18.2 Å². The summed E-state index contributed by atoms with van der Waals surface area (Å²) in [4.78, 5) is 11.0. The lowest BCUT2D eigenvalue weighted by molar-refractivity contribution is -0.137. The van der Waals surface area contributed by atoms with E-state index in [9.17, 15) is 18.0 Å². The van der Waals surface area contributed by atoms with Crippen LogP contribution in [0.3, 0.4) is 0 Å². The van der Waals surface area contributed by atoms with Gasteiger partial charge in [-0.1, -0.05) is 12.1 Å². The van der Waals surface area contributed by atoms with Crippen LogP contribution in [-0.2, 0) is 6.18 Å². The number of nitrogens with one attached hydrogen (secondary N) is 1. The Morgan fingerprint density at radius 1 is 1.17 bits per heavy atom. The molecule has 0 saturated carbocycles. The normalized spacial score (nSPS) is 11.5. The van der Waals surface area contributed by atoms with Crippen molar-refractivity contribution in [1.29, 1.82) is 0 Å². The molecule has 0 unspecified atom stereocenters. The fourth-order valence-corrected chi connectivity index (χ4v) is 1.40. The molecule has 0 aliphatic rings. The number of benzene rings is 1. The quantitative estimate of drug-likeness (QED) is 0.819. The summed E-state index contributed by atoms with van der Waals surface area (Å²) in [6.45, 7) is 0. The number of alkyl halides is 3. The third-order valence-electron chi connectivity index (χ3n) is 2.34. The van der Waals surface area contributed by atoms with E-state index >= 15 is 0 Å². The van der Waals surface area contributed by atoms with Gasteiger partial charge in [0.05, 0.1) is 11.3 Å². The molecule has 0 saturated heterocycles. The molecular weight excluding hydrogens is 247 g/mol. The van der Waals surface area contributed by atoms with Crippen molar-refractivity contribution >= 4 is 5.69 Å². The fraction of sp³-hybridized carbons (Fsp3) is 0.0909. The van der Waals surface area contributed by atoms with E-state index < -0.39 is 17.3 Å². The zero-order chi connectivity index (χ0) is 13.3. The van der Waals surface area contributed by atoms with Gasteiger partial charge in [0, 0.05) is 5.56 Å². The lowest BCUT2D eigenvalue weighted by Gasteiger charge is -2.07. The average Bonchev–Trinajstić information content (AvgIpc) is 2.32. The number of aromatic amines is 1. The second-order valence-corrected chi connectivity index (χ2v) is 3.61. The molecule has 1 aromatic heterocycles. The van der Waals surface area contributed by atoms with E-state index in [-0.39, 0.29) is 5.69 Å². The number of hydrogen-bond donors (Lipinski definition) is 2. The molecule has 7 heteroatoms. The Labute approximate surface area is 99.3 Å². The zero-order valence-corrected chi connectivity index (χ0v) is 8.95. The van der Waals surface area contributed by atoms with Crippen molar-refractivity contribution in [3.63, 3.8) is 0 Å². The van der Waals surface area contributed by atoms with E-state index in [0.29, 0.717) is 11.3 Å². The van der Waals surface area contributed by atoms with Crippen LogP contribution in [0.15, 0.2) is 35.1 Å². The van der Waals surface area contributed by atoms with Crippen molar-refractivity contribution < 1.29 is 13.2 Å². The van der Waals surface area contributed by atoms with Crippen LogP contribution < -0.4 is 11.3 Å². The third-order valence-corrected chi connectivity index (χ3v) is 2.34. The maximum absolute atomic E-state index is 12.4. The number of nitrogens with two attached hydrogens (primary N) is 1. The van der Waals surface area contributed by atoms with Crippen molar-refractivity contribution in [2.24, 2.45) is 0 Å². The highest BCUT2D eigenvalue weighted by Crippen LogP contribution is 2.30. The SMILES string of the molecule is Nc1cc(-c2ccc(C(F)(F)F)cc2)n[nH]c1=O. The van der Waals surface area contributed by atoms with Gasteiger partial charge in [-0.3, -0.25) is 4.79 Å². The summed E-state index contributed by atoms with van der Waals surface area (Å²) in [6.07, 6.45) is -4.38. The number of hydrogen-bond acceptors (Lipinski definition) is 3. The highest BCUT2D eigenvalue weighted by molar-refractivity contribution is 5.62. The molecule has 0 aliphatic heterocycles. The van der Waals surface area contributed by atoms with Crippen LogP contribution in [0.2, 0.25) is 0 Å². The number of halogens is 3. The van der Waals surface area contributed by atoms with E-state index in [2.05, 4.69) is 10.2 Å². The van der Waals surface area contributed by atoms with Crippen LogP contribution in [0.4, 0.5) is 18.9 Å². The van der Waals surface area contributed by atoms with Gasteiger partial charge in [0.15, 0.2) is 0 Å². The minimum absolute atomic E-state index is 0.0418. The van der Waals surface area contributed by atoms with Crippen LogP contribution in [0.1, 0.15) is 5.56 Å². The summed E-state index contributed by atoms with van der Waals surface area (Å²) in [6, 6.07) is 5.73. The van der Waals surface area contributed by atoms with Gasteiger partial charge in [-0.2, -0.15) is 18.3 Å². The van der Waals surface area contributed by atoms with Gasteiger partial charge < -0.3 is 5.73 Å². The van der Waals surface area contributed by atoms with Gasteiger partial charge in [0.25, 0.3) is 5.56 Å². The molecule has 2 rings (SSSR count). The highest BCUT2D eigenvalue weighted by atomic mass is 19.4. The van der Waals surface area contributed by atoms with Gasteiger partial charge in [0.2, 0.25) is 0 Å². The molecule has 3 N–H and O–H groups in total. The summed E-state index contributed by atoms with van der Waals surface area (Å²) in [5, 5.41) is 5.86. The van der Waals surface area contributed by atoms with Gasteiger partial charge in [-0.15, -0.1) is 0 Å². The molecule has 0 atom stereocenters. The Bertz CT molecular complexity index is 617. The third kappa shape index (κ3) is 2.34. The van der Waals surface area contributed by atoms with E-state index in [4.69, 9.17) is 5.73 Å². The second-order valence-electron chi connectivity index (χ2n) is 3.61. The van der Waals surface area contributed by atoms with Crippen molar-refractivity contribution in [2.45, 2.75) is 6.18 Å². The Morgan fingerprint density at radius 2 is 1.78 bits per heavy atom. The second kappa shape index (κ2) is 4.17. The van der Waals surface area contributed by atoms with Gasteiger partial charge in [0.1, 0.15) is 5.69 Å². The number of aromatic nitrogens is 2. The molecule has 2 aromatic rings. The monoisotopic (exact) mass is 255 g/mol. The Balaban J connectivity index is 2.40. The molecule has 94 valence electrons. The molecular formula is C11H8F3N3O. The first-order chi connectivity index (χ1) is 8.38. The lowest BCUT2D eigenvalue weighted by atomic mass is 10.1. The number of nitrogen functional groups attached to an aromatic ring is 1. The van der Waals surface area contributed by atoms with Crippen molar-refractivity contribution in [3.8, 4) is 11.3 Å². The fourth-order valence-electron chi connectivity index (χ4n) is 1.40. The first-order valence-electron chi connectivity index (χ1n) is 4.91. The zero-order valence-electron chi connectivity index (χ0n) is 8.95. The number of anilines is 1. The molecule has 0 bridgehead atoms. The topological polar surface area (TPSA) is 71.8 Å². The van der Waals surface area contributed by atoms with Crippen molar-refractivity contribution in [1.82, 2.24) is 10.2 Å². The minimum atomic E-state index is -4.38.